The number of amides is 1. The second-order valence-electron chi connectivity index (χ2n) is 5.31. The summed E-state index contributed by atoms with van der Waals surface area (Å²) in [6, 6.07) is 7.01. The number of nitrogens with one attached hydrogen (secondary N) is 2. The highest BCUT2D eigenvalue weighted by molar-refractivity contribution is 5.95. The van der Waals surface area contributed by atoms with E-state index in [0.29, 0.717) is 29.4 Å². The maximum Gasteiger partial charge on any atom is 0.343 e. The molecule has 8 nitrogen and oxygen atoms in total. The molecular formula is C18H22N4O4. The lowest BCUT2D eigenvalue weighted by molar-refractivity contribution is -0.119. The average Bonchev–Trinajstić information content (AvgIpc) is 2.63. The number of rotatable bonds is 8. The summed E-state index contributed by atoms with van der Waals surface area (Å²) in [4.78, 5) is 32.1. The summed E-state index contributed by atoms with van der Waals surface area (Å²) in [6.07, 6.45) is 2.10. The van der Waals surface area contributed by atoms with Gasteiger partial charge in [-0.2, -0.15) is 0 Å². The van der Waals surface area contributed by atoms with Crippen LogP contribution in [0.15, 0.2) is 30.5 Å². The quantitative estimate of drug-likeness (QED) is 0.699. The second kappa shape index (κ2) is 9.47. The molecule has 0 spiro atoms. The summed E-state index contributed by atoms with van der Waals surface area (Å²) < 4.78 is 9.82. The molecule has 0 atom stereocenters. The fraction of sp³-hybridized carbons (Fsp3) is 0.333. The van der Waals surface area contributed by atoms with Crippen LogP contribution in [0.1, 0.15) is 30.0 Å². The van der Waals surface area contributed by atoms with Crippen molar-refractivity contribution in [1.82, 2.24) is 9.97 Å². The molecule has 2 N–H and O–H groups in total. The number of hydrogen-bond donors (Lipinski definition) is 2. The van der Waals surface area contributed by atoms with Crippen LogP contribution in [0.3, 0.4) is 0 Å². The molecule has 26 heavy (non-hydrogen) atoms. The first-order valence-electron chi connectivity index (χ1n) is 8.26. The molecule has 8 heteroatoms. The summed E-state index contributed by atoms with van der Waals surface area (Å²) in [6.45, 7) is 3.93. The Morgan fingerprint density at radius 1 is 1.12 bits per heavy atom. The highest BCUT2D eigenvalue weighted by Crippen LogP contribution is 2.21. The Morgan fingerprint density at radius 3 is 2.42 bits per heavy atom. The van der Waals surface area contributed by atoms with E-state index in [9.17, 15) is 9.59 Å². The summed E-state index contributed by atoms with van der Waals surface area (Å²) in [5, 5.41) is 5.81. The SMILES string of the molecule is CCOC(=O)c1cnc(CC)nc1Nc1ccc(NC(=O)COC)cc1. The highest BCUT2D eigenvalue weighted by Gasteiger charge is 2.16. The molecule has 0 aliphatic rings. The van der Waals surface area contributed by atoms with Crippen molar-refractivity contribution in [3.8, 4) is 0 Å². The van der Waals surface area contributed by atoms with E-state index in [4.69, 9.17) is 9.47 Å². The number of benzene rings is 1. The van der Waals surface area contributed by atoms with Gasteiger partial charge in [0.1, 0.15) is 23.8 Å². The summed E-state index contributed by atoms with van der Waals surface area (Å²) in [5.74, 6) is 0.276. The predicted octanol–water partition coefficient (Wildman–Crippen LogP) is 2.54. The van der Waals surface area contributed by atoms with Crippen molar-refractivity contribution < 1.29 is 19.1 Å². The van der Waals surface area contributed by atoms with E-state index in [1.807, 2.05) is 6.92 Å². The lowest BCUT2D eigenvalue weighted by Gasteiger charge is -2.12. The fourth-order valence-corrected chi connectivity index (χ4v) is 2.14. The van der Waals surface area contributed by atoms with Crippen LogP contribution in [-0.2, 0) is 20.7 Å². The first-order valence-corrected chi connectivity index (χ1v) is 8.26. The third-order valence-electron chi connectivity index (χ3n) is 3.36. The fourth-order valence-electron chi connectivity index (χ4n) is 2.14. The maximum absolute atomic E-state index is 12.1. The van der Waals surface area contributed by atoms with Gasteiger partial charge in [-0.1, -0.05) is 6.92 Å². The van der Waals surface area contributed by atoms with Crippen LogP contribution in [0, 0.1) is 0 Å². The molecule has 0 saturated heterocycles. The number of nitrogens with zero attached hydrogens (tertiary/aromatic N) is 2. The van der Waals surface area contributed by atoms with Crippen LogP contribution >= 0.6 is 0 Å². The van der Waals surface area contributed by atoms with Crippen LogP contribution in [0.4, 0.5) is 17.2 Å². The first kappa shape index (κ1) is 19.3. The molecule has 2 aromatic rings. The second-order valence-corrected chi connectivity index (χ2v) is 5.31. The number of carbonyl (C=O) groups is 2. The molecule has 2 rings (SSSR count). The van der Waals surface area contributed by atoms with Crippen molar-refractivity contribution in [1.29, 1.82) is 0 Å². The molecule has 1 aromatic heterocycles. The number of esters is 1. The smallest absolute Gasteiger partial charge is 0.343 e. The largest absolute Gasteiger partial charge is 0.462 e. The number of aromatic nitrogens is 2. The third-order valence-corrected chi connectivity index (χ3v) is 3.36. The monoisotopic (exact) mass is 358 g/mol. The van der Waals surface area contributed by atoms with Crippen molar-refractivity contribution in [2.45, 2.75) is 20.3 Å². The molecule has 0 saturated carbocycles. The van der Waals surface area contributed by atoms with E-state index >= 15 is 0 Å². The van der Waals surface area contributed by atoms with Crippen LogP contribution in [0.2, 0.25) is 0 Å². The van der Waals surface area contributed by atoms with Crippen molar-refractivity contribution in [2.75, 3.05) is 31.0 Å². The van der Waals surface area contributed by atoms with Gasteiger partial charge in [0.05, 0.1) is 6.61 Å². The average molecular weight is 358 g/mol. The number of ether oxygens (including phenoxy) is 2. The molecule has 0 fully saturated rings. The number of methoxy groups -OCH3 is 1. The van der Waals surface area contributed by atoms with Gasteiger partial charge < -0.3 is 20.1 Å². The molecule has 0 bridgehead atoms. The van der Waals surface area contributed by atoms with E-state index in [0.717, 1.165) is 0 Å². The maximum atomic E-state index is 12.1. The van der Waals surface area contributed by atoms with Crippen molar-refractivity contribution in [3.05, 3.63) is 41.9 Å². The minimum Gasteiger partial charge on any atom is -0.462 e. The Labute approximate surface area is 151 Å². The van der Waals surface area contributed by atoms with Crippen molar-refractivity contribution in [2.24, 2.45) is 0 Å². The van der Waals surface area contributed by atoms with Gasteiger partial charge >= 0.3 is 5.97 Å². The zero-order chi connectivity index (χ0) is 18.9. The van der Waals surface area contributed by atoms with Crippen LogP contribution in [0.25, 0.3) is 0 Å². The predicted molar refractivity (Wildman–Crippen MR) is 97.6 cm³/mol. The zero-order valence-corrected chi connectivity index (χ0v) is 15.0. The van der Waals surface area contributed by atoms with Gasteiger partial charge in [0.25, 0.3) is 0 Å². The van der Waals surface area contributed by atoms with E-state index in [2.05, 4.69) is 20.6 Å². The Kier molecular flexibility index (Phi) is 7.04. The summed E-state index contributed by atoms with van der Waals surface area (Å²) in [7, 11) is 1.46. The van der Waals surface area contributed by atoms with Gasteiger partial charge in [0, 0.05) is 31.1 Å². The molecule has 0 aliphatic heterocycles. The summed E-state index contributed by atoms with van der Waals surface area (Å²) in [5.41, 5.74) is 1.61. The van der Waals surface area contributed by atoms with Crippen molar-refractivity contribution >= 4 is 29.1 Å². The third kappa shape index (κ3) is 5.25. The van der Waals surface area contributed by atoms with Gasteiger partial charge in [0.15, 0.2) is 0 Å². The summed E-state index contributed by atoms with van der Waals surface area (Å²) >= 11 is 0. The molecule has 1 heterocycles. The van der Waals surface area contributed by atoms with Crippen molar-refractivity contribution in [3.63, 3.8) is 0 Å². The van der Waals surface area contributed by atoms with E-state index in [1.54, 1.807) is 31.2 Å². The molecule has 0 aliphatic carbocycles. The molecule has 0 radical (unpaired) electrons. The Bertz CT molecular complexity index is 762. The van der Waals surface area contributed by atoms with E-state index < -0.39 is 5.97 Å². The molecule has 0 unspecified atom stereocenters. The number of aryl methyl sites for hydroxylation is 1. The molecular weight excluding hydrogens is 336 g/mol. The van der Waals surface area contributed by atoms with Crippen LogP contribution in [0.5, 0.6) is 0 Å². The number of anilines is 3. The molecule has 1 amide bonds. The van der Waals surface area contributed by atoms with Gasteiger partial charge in [-0.15, -0.1) is 0 Å². The van der Waals surface area contributed by atoms with Crippen LogP contribution < -0.4 is 10.6 Å². The van der Waals surface area contributed by atoms with Gasteiger partial charge in [0.2, 0.25) is 5.91 Å². The molecule has 1 aromatic carbocycles. The lowest BCUT2D eigenvalue weighted by Crippen LogP contribution is -2.17. The Hall–Kier alpha value is -3.00. The lowest BCUT2D eigenvalue weighted by atomic mass is 10.2. The number of hydrogen-bond acceptors (Lipinski definition) is 7. The number of carbonyl (C=O) groups excluding carboxylic acids is 2. The minimum atomic E-state index is -0.485. The highest BCUT2D eigenvalue weighted by atomic mass is 16.5. The normalized spacial score (nSPS) is 10.3. The first-order chi connectivity index (χ1) is 12.6. The van der Waals surface area contributed by atoms with Gasteiger partial charge in [-0.3, -0.25) is 4.79 Å². The van der Waals surface area contributed by atoms with E-state index in [-0.39, 0.29) is 24.7 Å². The van der Waals surface area contributed by atoms with E-state index in [1.165, 1.54) is 13.3 Å². The van der Waals surface area contributed by atoms with Crippen LogP contribution in [-0.4, -0.2) is 42.2 Å². The Morgan fingerprint density at radius 2 is 1.81 bits per heavy atom. The minimum absolute atomic E-state index is 0.0103. The topological polar surface area (TPSA) is 102 Å². The Balaban J connectivity index is 2.18. The zero-order valence-electron chi connectivity index (χ0n) is 15.0. The van der Waals surface area contributed by atoms with Gasteiger partial charge in [-0.05, 0) is 31.2 Å². The molecule has 138 valence electrons. The van der Waals surface area contributed by atoms with Gasteiger partial charge in [-0.25, -0.2) is 14.8 Å². The standard InChI is InChI=1S/C18H22N4O4/c1-4-15-19-10-14(18(24)26-5-2)17(22-15)21-13-8-6-12(7-9-13)20-16(23)11-25-3/h6-10H,4-5,11H2,1-3H3,(H,20,23)(H,19,21,22).